The summed E-state index contributed by atoms with van der Waals surface area (Å²) in [7, 11) is 0. The highest BCUT2D eigenvalue weighted by Crippen LogP contribution is 1.97. The molecule has 1 heterocycles. The molecule has 0 saturated carbocycles. The molecule has 0 fully saturated rings. The van der Waals surface area contributed by atoms with Gasteiger partial charge in [-0.05, 0) is 6.92 Å². The maximum absolute atomic E-state index is 11.2. The Balaban J connectivity index is 3.03. The van der Waals surface area contributed by atoms with Gasteiger partial charge in [0.1, 0.15) is 0 Å². The van der Waals surface area contributed by atoms with Crippen molar-refractivity contribution in [3.63, 3.8) is 0 Å². The van der Waals surface area contributed by atoms with Gasteiger partial charge in [-0.1, -0.05) is 0 Å². The Morgan fingerprint density at radius 1 is 1.79 bits per heavy atom. The molecule has 0 radical (unpaired) electrons. The van der Waals surface area contributed by atoms with Crippen LogP contribution in [0.2, 0.25) is 0 Å². The van der Waals surface area contributed by atoms with Gasteiger partial charge in [0.25, 0.3) is 5.56 Å². The number of H-pyrrole nitrogens is 1. The molecular weight excluding hydrogens is 188 g/mol. The van der Waals surface area contributed by atoms with Crippen molar-refractivity contribution in [1.82, 2.24) is 9.97 Å². The molecule has 0 aliphatic heterocycles. The fraction of sp³-hybridized carbons (Fsp3) is 0.286. The van der Waals surface area contributed by atoms with E-state index in [2.05, 4.69) is 20.1 Å². The molecule has 76 valence electrons. The van der Waals surface area contributed by atoms with Crippen LogP contribution >= 0.6 is 0 Å². The number of hydrazine groups is 1. The SMILES string of the molecule is CCOC(=O)c1cc(=O)[nH]c(NN)n1. The molecule has 0 aliphatic rings. The number of hydrogen-bond donors (Lipinski definition) is 3. The van der Waals surface area contributed by atoms with Crippen molar-refractivity contribution in [3.05, 3.63) is 22.1 Å². The van der Waals surface area contributed by atoms with Gasteiger partial charge in [-0.15, -0.1) is 0 Å². The van der Waals surface area contributed by atoms with Crippen molar-refractivity contribution in [2.75, 3.05) is 12.0 Å². The second kappa shape index (κ2) is 4.38. The van der Waals surface area contributed by atoms with Gasteiger partial charge < -0.3 is 4.74 Å². The van der Waals surface area contributed by atoms with E-state index in [1.165, 1.54) is 0 Å². The first-order valence-corrected chi connectivity index (χ1v) is 3.92. The molecule has 7 heteroatoms. The molecule has 7 nitrogen and oxygen atoms in total. The number of rotatable bonds is 3. The van der Waals surface area contributed by atoms with E-state index in [0.717, 1.165) is 6.07 Å². The summed E-state index contributed by atoms with van der Waals surface area (Å²) in [5, 5.41) is 0. The number of hydrogen-bond acceptors (Lipinski definition) is 6. The first-order valence-electron chi connectivity index (χ1n) is 3.92. The standard InChI is InChI=1S/C7H10N4O3/c1-2-14-6(13)4-3-5(12)10-7(9-4)11-8/h3H,2,8H2,1H3,(H2,9,10,11,12). The number of nitrogens with one attached hydrogen (secondary N) is 2. The summed E-state index contributed by atoms with van der Waals surface area (Å²) >= 11 is 0. The molecular formula is C7H10N4O3. The molecule has 1 aromatic heterocycles. The van der Waals surface area contributed by atoms with Crippen molar-refractivity contribution in [1.29, 1.82) is 0 Å². The third-order valence-corrected chi connectivity index (χ3v) is 1.36. The number of esters is 1. The van der Waals surface area contributed by atoms with E-state index in [9.17, 15) is 9.59 Å². The lowest BCUT2D eigenvalue weighted by molar-refractivity contribution is 0.0519. The van der Waals surface area contributed by atoms with Gasteiger partial charge in [-0.25, -0.2) is 15.6 Å². The number of aromatic nitrogens is 2. The van der Waals surface area contributed by atoms with Crippen molar-refractivity contribution in [2.24, 2.45) is 5.84 Å². The minimum absolute atomic E-state index is 0.0144. The van der Waals surface area contributed by atoms with E-state index in [1.807, 2.05) is 0 Å². The lowest BCUT2D eigenvalue weighted by Crippen LogP contribution is -2.20. The Morgan fingerprint density at radius 3 is 3.07 bits per heavy atom. The third-order valence-electron chi connectivity index (χ3n) is 1.36. The van der Waals surface area contributed by atoms with E-state index >= 15 is 0 Å². The van der Waals surface area contributed by atoms with Crippen LogP contribution in [0, 0.1) is 0 Å². The summed E-state index contributed by atoms with van der Waals surface area (Å²) in [4.78, 5) is 28.1. The molecule has 14 heavy (non-hydrogen) atoms. The van der Waals surface area contributed by atoms with E-state index in [1.54, 1.807) is 6.92 Å². The molecule has 0 aliphatic carbocycles. The second-order valence-corrected chi connectivity index (χ2v) is 2.34. The highest BCUT2D eigenvalue weighted by Gasteiger charge is 2.10. The van der Waals surface area contributed by atoms with Gasteiger partial charge in [-0.2, -0.15) is 0 Å². The summed E-state index contributed by atoms with van der Waals surface area (Å²) in [5.74, 6) is 4.38. The Bertz CT molecular complexity index is 387. The zero-order chi connectivity index (χ0) is 10.6. The van der Waals surface area contributed by atoms with E-state index in [0.29, 0.717) is 0 Å². The molecule has 0 unspecified atom stereocenters. The number of nitrogens with two attached hydrogens (primary N) is 1. The van der Waals surface area contributed by atoms with Crippen molar-refractivity contribution < 1.29 is 9.53 Å². The minimum Gasteiger partial charge on any atom is -0.461 e. The fourth-order valence-electron chi connectivity index (χ4n) is 0.836. The maximum atomic E-state index is 11.2. The molecule has 0 amide bonds. The van der Waals surface area contributed by atoms with Crippen LogP contribution in [-0.2, 0) is 4.74 Å². The van der Waals surface area contributed by atoms with Gasteiger partial charge in [0.05, 0.1) is 6.61 Å². The van der Waals surface area contributed by atoms with Crippen molar-refractivity contribution in [2.45, 2.75) is 6.92 Å². The molecule has 0 aromatic carbocycles. The first kappa shape index (κ1) is 10.2. The van der Waals surface area contributed by atoms with Gasteiger partial charge in [0, 0.05) is 6.07 Å². The lowest BCUT2D eigenvalue weighted by atomic mass is 10.4. The number of nitrogen functional groups attached to an aromatic ring is 1. The summed E-state index contributed by atoms with van der Waals surface area (Å²) in [6.07, 6.45) is 0. The average molecular weight is 198 g/mol. The van der Waals surface area contributed by atoms with E-state index in [-0.39, 0.29) is 18.2 Å². The first-order chi connectivity index (χ1) is 6.67. The number of anilines is 1. The second-order valence-electron chi connectivity index (χ2n) is 2.34. The van der Waals surface area contributed by atoms with Crippen LogP contribution in [0.5, 0.6) is 0 Å². The Hall–Kier alpha value is -1.89. The van der Waals surface area contributed by atoms with Crippen LogP contribution in [0.25, 0.3) is 0 Å². The average Bonchev–Trinajstić information content (AvgIpc) is 2.17. The molecule has 1 aromatic rings. The third kappa shape index (κ3) is 2.30. The van der Waals surface area contributed by atoms with Gasteiger partial charge >= 0.3 is 5.97 Å². The quantitative estimate of drug-likeness (QED) is 0.334. The topological polar surface area (TPSA) is 110 Å². The van der Waals surface area contributed by atoms with Crippen LogP contribution < -0.4 is 16.8 Å². The van der Waals surface area contributed by atoms with Gasteiger partial charge in [0.2, 0.25) is 5.95 Å². The number of carbonyl (C=O) groups is 1. The largest absolute Gasteiger partial charge is 0.461 e. The van der Waals surface area contributed by atoms with E-state index in [4.69, 9.17) is 5.84 Å². The molecule has 0 atom stereocenters. The number of ether oxygens (including phenoxy) is 1. The number of nitrogens with zero attached hydrogens (tertiary/aromatic N) is 1. The van der Waals surface area contributed by atoms with Gasteiger partial charge in [-0.3, -0.25) is 15.2 Å². The summed E-state index contributed by atoms with van der Waals surface area (Å²) in [6.45, 7) is 1.88. The molecule has 4 N–H and O–H groups in total. The zero-order valence-electron chi connectivity index (χ0n) is 7.53. The van der Waals surface area contributed by atoms with Crippen LogP contribution in [0.1, 0.15) is 17.4 Å². The van der Waals surface area contributed by atoms with Crippen LogP contribution in [0.4, 0.5) is 5.95 Å². The predicted molar refractivity (Wildman–Crippen MR) is 48.6 cm³/mol. The minimum atomic E-state index is -0.657. The monoisotopic (exact) mass is 198 g/mol. The van der Waals surface area contributed by atoms with Crippen LogP contribution in [0.15, 0.2) is 10.9 Å². The molecule has 1 rings (SSSR count). The summed E-state index contributed by atoms with van der Waals surface area (Å²) in [6, 6.07) is 1.04. The Kier molecular flexibility index (Phi) is 3.19. The maximum Gasteiger partial charge on any atom is 0.357 e. The van der Waals surface area contributed by atoms with Crippen LogP contribution in [-0.4, -0.2) is 22.5 Å². The summed E-state index contributed by atoms with van der Waals surface area (Å²) < 4.78 is 4.66. The predicted octanol–water partition coefficient (Wildman–Crippen LogP) is -0.768. The molecule has 0 bridgehead atoms. The molecule has 0 spiro atoms. The van der Waals surface area contributed by atoms with Crippen molar-refractivity contribution in [3.8, 4) is 0 Å². The normalized spacial score (nSPS) is 9.57. The smallest absolute Gasteiger partial charge is 0.357 e. The van der Waals surface area contributed by atoms with Crippen LogP contribution in [0.3, 0.4) is 0 Å². The lowest BCUT2D eigenvalue weighted by Gasteiger charge is -2.02. The summed E-state index contributed by atoms with van der Waals surface area (Å²) in [5.41, 5.74) is 1.57. The Morgan fingerprint density at radius 2 is 2.50 bits per heavy atom. The zero-order valence-corrected chi connectivity index (χ0v) is 7.53. The van der Waals surface area contributed by atoms with E-state index < -0.39 is 11.5 Å². The number of aromatic amines is 1. The number of carbonyl (C=O) groups excluding carboxylic acids is 1. The van der Waals surface area contributed by atoms with Gasteiger partial charge in [0.15, 0.2) is 5.69 Å². The van der Waals surface area contributed by atoms with Crippen molar-refractivity contribution >= 4 is 11.9 Å². The highest BCUT2D eigenvalue weighted by molar-refractivity contribution is 5.87. The molecule has 0 saturated heterocycles. The highest BCUT2D eigenvalue weighted by atomic mass is 16.5. The fourth-order valence-corrected chi connectivity index (χ4v) is 0.836. The Labute approximate surface area is 79.3 Å².